The van der Waals surface area contributed by atoms with Crippen molar-refractivity contribution in [3.8, 4) is 5.75 Å². The molecule has 2 nitrogen and oxygen atoms in total. The molecule has 0 heterocycles. The second-order valence-corrected chi connectivity index (χ2v) is 4.13. The van der Waals surface area contributed by atoms with E-state index in [4.69, 9.17) is 4.74 Å². The van der Waals surface area contributed by atoms with Gasteiger partial charge >= 0.3 is 0 Å². The monoisotopic (exact) mass is 245 g/mol. The van der Waals surface area contributed by atoms with E-state index in [-0.39, 0.29) is 17.6 Å². The first kappa shape index (κ1) is 12.4. The maximum atomic E-state index is 13.5. The Balaban J connectivity index is 2.12. The normalized spacial score (nSPS) is 11.9. The predicted molar refractivity (Wildman–Crippen MR) is 71.4 cm³/mol. The number of benzene rings is 2. The van der Waals surface area contributed by atoms with Crippen LogP contribution < -0.4 is 10.1 Å². The largest absolute Gasteiger partial charge is 0.494 e. The average molecular weight is 245 g/mol. The predicted octanol–water partition coefficient (Wildman–Crippen LogP) is 4.01. The summed E-state index contributed by atoms with van der Waals surface area (Å²) in [5.41, 5.74) is 1.90. The van der Waals surface area contributed by atoms with Crippen LogP contribution in [0.4, 0.5) is 10.1 Å². The van der Waals surface area contributed by atoms with Gasteiger partial charge in [-0.05, 0) is 24.6 Å². The van der Waals surface area contributed by atoms with Crippen LogP contribution in [0.5, 0.6) is 5.75 Å². The molecule has 3 heteroatoms. The van der Waals surface area contributed by atoms with Crippen LogP contribution in [0.2, 0.25) is 0 Å². The van der Waals surface area contributed by atoms with E-state index in [1.54, 1.807) is 12.1 Å². The van der Waals surface area contributed by atoms with E-state index in [1.807, 2.05) is 37.3 Å². The molecule has 2 rings (SSSR count). The number of halogens is 1. The summed E-state index contributed by atoms with van der Waals surface area (Å²) in [4.78, 5) is 0. The molecule has 0 aliphatic heterocycles. The van der Waals surface area contributed by atoms with Gasteiger partial charge in [0.05, 0.1) is 7.11 Å². The summed E-state index contributed by atoms with van der Waals surface area (Å²) in [6.45, 7) is 2.04. The van der Waals surface area contributed by atoms with E-state index in [0.29, 0.717) is 0 Å². The quantitative estimate of drug-likeness (QED) is 0.878. The zero-order valence-corrected chi connectivity index (χ0v) is 10.5. The van der Waals surface area contributed by atoms with E-state index in [2.05, 4.69) is 5.32 Å². The van der Waals surface area contributed by atoms with Crippen LogP contribution in [0.1, 0.15) is 18.5 Å². The maximum Gasteiger partial charge on any atom is 0.167 e. The van der Waals surface area contributed by atoms with E-state index < -0.39 is 0 Å². The summed E-state index contributed by atoms with van der Waals surface area (Å²) < 4.78 is 18.4. The molecule has 94 valence electrons. The highest BCUT2D eigenvalue weighted by Gasteiger charge is 2.07. The van der Waals surface area contributed by atoms with Gasteiger partial charge in [-0.25, -0.2) is 4.39 Å². The fourth-order valence-corrected chi connectivity index (χ4v) is 1.83. The topological polar surface area (TPSA) is 21.3 Å². The molecule has 0 aromatic heterocycles. The van der Waals surface area contributed by atoms with Crippen molar-refractivity contribution in [3.63, 3.8) is 0 Å². The van der Waals surface area contributed by atoms with Crippen molar-refractivity contribution in [3.05, 3.63) is 59.9 Å². The molecule has 0 amide bonds. The smallest absolute Gasteiger partial charge is 0.167 e. The zero-order valence-electron chi connectivity index (χ0n) is 10.5. The van der Waals surface area contributed by atoms with Crippen LogP contribution in [-0.2, 0) is 0 Å². The lowest BCUT2D eigenvalue weighted by Gasteiger charge is -2.16. The Morgan fingerprint density at radius 2 is 1.83 bits per heavy atom. The molecule has 0 fully saturated rings. The van der Waals surface area contributed by atoms with Crippen LogP contribution >= 0.6 is 0 Å². The highest BCUT2D eigenvalue weighted by molar-refractivity contribution is 5.48. The first-order chi connectivity index (χ1) is 8.70. The molecule has 2 aromatic carbocycles. The number of nitrogens with one attached hydrogen (secondary N) is 1. The minimum Gasteiger partial charge on any atom is -0.494 e. The van der Waals surface area contributed by atoms with Gasteiger partial charge in [0.1, 0.15) is 0 Å². The minimum atomic E-state index is -0.359. The zero-order chi connectivity index (χ0) is 13.0. The Hall–Kier alpha value is -2.03. The van der Waals surface area contributed by atoms with E-state index in [0.717, 1.165) is 11.3 Å². The number of methoxy groups -OCH3 is 1. The van der Waals surface area contributed by atoms with Gasteiger partial charge < -0.3 is 10.1 Å². The molecule has 1 atom stereocenters. The average Bonchev–Trinajstić information content (AvgIpc) is 2.40. The fourth-order valence-electron chi connectivity index (χ4n) is 1.83. The molecule has 0 aliphatic carbocycles. The van der Waals surface area contributed by atoms with Crippen molar-refractivity contribution >= 4 is 5.69 Å². The van der Waals surface area contributed by atoms with Gasteiger partial charge in [0.15, 0.2) is 11.6 Å². The number of hydrogen-bond donors (Lipinski definition) is 1. The Bertz CT molecular complexity index is 513. The van der Waals surface area contributed by atoms with Crippen molar-refractivity contribution in [2.75, 3.05) is 12.4 Å². The number of hydrogen-bond acceptors (Lipinski definition) is 2. The van der Waals surface area contributed by atoms with E-state index in [1.165, 1.54) is 13.2 Å². The van der Waals surface area contributed by atoms with Crippen LogP contribution in [0.3, 0.4) is 0 Å². The third-order valence-electron chi connectivity index (χ3n) is 2.83. The minimum absolute atomic E-state index is 0.124. The van der Waals surface area contributed by atoms with Gasteiger partial charge in [0, 0.05) is 17.8 Å². The van der Waals surface area contributed by atoms with Gasteiger partial charge in [-0.3, -0.25) is 0 Å². The number of rotatable bonds is 4. The summed E-state index contributed by atoms with van der Waals surface area (Å²) in [6, 6.07) is 15.0. The molecule has 0 aliphatic rings. The summed E-state index contributed by atoms with van der Waals surface area (Å²) in [7, 11) is 1.46. The Labute approximate surface area is 106 Å². The van der Waals surface area contributed by atoms with E-state index >= 15 is 0 Å². The summed E-state index contributed by atoms with van der Waals surface area (Å²) in [5, 5.41) is 3.25. The van der Waals surface area contributed by atoms with Crippen molar-refractivity contribution in [2.24, 2.45) is 0 Å². The van der Waals surface area contributed by atoms with Crippen molar-refractivity contribution in [2.45, 2.75) is 13.0 Å². The molecule has 2 aromatic rings. The lowest BCUT2D eigenvalue weighted by molar-refractivity contribution is 0.386. The molecular formula is C15H16FNO. The van der Waals surface area contributed by atoms with Gasteiger partial charge in [-0.2, -0.15) is 0 Å². The second kappa shape index (κ2) is 5.54. The highest BCUT2D eigenvalue weighted by Crippen LogP contribution is 2.24. The number of ether oxygens (including phenoxy) is 1. The lowest BCUT2D eigenvalue weighted by Crippen LogP contribution is -2.06. The van der Waals surface area contributed by atoms with E-state index in [9.17, 15) is 4.39 Å². The molecule has 0 saturated carbocycles. The lowest BCUT2D eigenvalue weighted by atomic mass is 10.1. The SMILES string of the molecule is COc1ccc(NC(C)c2ccccc2)cc1F. The summed E-state index contributed by atoms with van der Waals surface area (Å²) >= 11 is 0. The molecule has 0 spiro atoms. The maximum absolute atomic E-state index is 13.5. The fraction of sp³-hybridized carbons (Fsp3) is 0.200. The summed E-state index contributed by atoms with van der Waals surface area (Å²) in [5.74, 6) is -0.101. The first-order valence-electron chi connectivity index (χ1n) is 5.85. The molecular weight excluding hydrogens is 229 g/mol. The summed E-state index contributed by atoms with van der Waals surface area (Å²) in [6.07, 6.45) is 0. The third-order valence-corrected chi connectivity index (χ3v) is 2.83. The van der Waals surface area contributed by atoms with Crippen LogP contribution in [0.25, 0.3) is 0 Å². The highest BCUT2D eigenvalue weighted by atomic mass is 19.1. The molecule has 0 saturated heterocycles. The molecule has 18 heavy (non-hydrogen) atoms. The number of anilines is 1. The van der Waals surface area contributed by atoms with Crippen LogP contribution in [0.15, 0.2) is 48.5 Å². The van der Waals surface area contributed by atoms with Crippen LogP contribution in [-0.4, -0.2) is 7.11 Å². The van der Waals surface area contributed by atoms with Gasteiger partial charge in [0.2, 0.25) is 0 Å². The Kier molecular flexibility index (Phi) is 3.82. The van der Waals surface area contributed by atoms with Gasteiger partial charge in [-0.15, -0.1) is 0 Å². The standard InChI is InChI=1S/C15H16FNO/c1-11(12-6-4-3-5-7-12)17-13-8-9-15(18-2)14(16)10-13/h3-11,17H,1-2H3. The Morgan fingerprint density at radius 1 is 1.11 bits per heavy atom. The second-order valence-electron chi connectivity index (χ2n) is 4.13. The van der Waals surface area contributed by atoms with Gasteiger partial charge in [0.25, 0.3) is 0 Å². The molecule has 1 N–H and O–H groups in total. The molecule has 1 unspecified atom stereocenters. The van der Waals surface area contributed by atoms with Crippen molar-refractivity contribution in [1.29, 1.82) is 0 Å². The van der Waals surface area contributed by atoms with Gasteiger partial charge in [-0.1, -0.05) is 30.3 Å². The van der Waals surface area contributed by atoms with Crippen molar-refractivity contribution in [1.82, 2.24) is 0 Å². The third kappa shape index (κ3) is 2.80. The van der Waals surface area contributed by atoms with Crippen LogP contribution in [0, 0.1) is 5.82 Å². The first-order valence-corrected chi connectivity index (χ1v) is 5.85. The molecule has 0 bridgehead atoms. The molecule has 0 radical (unpaired) electrons. The van der Waals surface area contributed by atoms with Crippen molar-refractivity contribution < 1.29 is 9.13 Å². The Morgan fingerprint density at radius 3 is 2.44 bits per heavy atom.